The Kier molecular flexibility index (Phi) is 5.91. The summed E-state index contributed by atoms with van der Waals surface area (Å²) < 4.78 is 55.7. The van der Waals surface area contributed by atoms with Crippen LogP contribution in [0.25, 0.3) is 0 Å². The van der Waals surface area contributed by atoms with Crippen molar-refractivity contribution in [1.82, 2.24) is 5.32 Å². The minimum absolute atomic E-state index is 0.147. The molecule has 0 aliphatic carbocycles. The Labute approximate surface area is 208 Å². The monoisotopic (exact) mass is 512 g/mol. The van der Waals surface area contributed by atoms with Gasteiger partial charge in [0.1, 0.15) is 23.0 Å². The molecule has 2 aliphatic rings. The number of hydrogen-bond acceptors (Lipinski definition) is 5. The molecule has 0 spiro atoms. The van der Waals surface area contributed by atoms with Crippen LogP contribution in [0.15, 0.2) is 94.4 Å². The Hall–Kier alpha value is -3.92. The molecule has 2 aliphatic heterocycles. The molecule has 3 aromatic rings. The summed E-state index contributed by atoms with van der Waals surface area (Å²) in [5.41, 5.74) is -3.21. The SMILES string of the molecule is COc1ccc([C@@]2(C(F)(F)F)NC(=O)N3C(=C2C(=O)OCc2ccccc2)Sc2ccccc23)cc1. The molecule has 0 saturated carbocycles. The minimum Gasteiger partial charge on any atom is -0.497 e. The van der Waals surface area contributed by atoms with Crippen LogP contribution in [0.1, 0.15) is 11.1 Å². The van der Waals surface area contributed by atoms with E-state index in [1.807, 2.05) is 0 Å². The van der Waals surface area contributed by atoms with E-state index in [1.54, 1.807) is 54.6 Å². The molecule has 0 saturated heterocycles. The van der Waals surface area contributed by atoms with Crippen molar-refractivity contribution >= 4 is 29.4 Å². The normalized spacial score (nSPS) is 18.9. The Bertz CT molecular complexity index is 1360. The highest BCUT2D eigenvalue weighted by atomic mass is 32.2. The number of nitrogens with one attached hydrogen (secondary N) is 1. The summed E-state index contributed by atoms with van der Waals surface area (Å²) in [6.07, 6.45) is -5.09. The number of para-hydroxylation sites is 1. The van der Waals surface area contributed by atoms with Crippen molar-refractivity contribution < 1.29 is 32.2 Å². The Balaban J connectivity index is 1.71. The van der Waals surface area contributed by atoms with Gasteiger partial charge in [-0.3, -0.25) is 4.90 Å². The number of carbonyl (C=O) groups excluding carboxylic acids is 2. The first-order chi connectivity index (χ1) is 17.3. The van der Waals surface area contributed by atoms with Crippen LogP contribution in [0.4, 0.5) is 23.7 Å². The third-order valence-corrected chi connectivity index (χ3v) is 7.11. The van der Waals surface area contributed by atoms with Crippen molar-refractivity contribution in [2.75, 3.05) is 12.0 Å². The van der Waals surface area contributed by atoms with Gasteiger partial charge in [-0.2, -0.15) is 13.2 Å². The number of ether oxygens (including phenoxy) is 2. The van der Waals surface area contributed by atoms with Gasteiger partial charge in [-0.1, -0.05) is 66.4 Å². The molecule has 2 amide bonds. The van der Waals surface area contributed by atoms with Crippen LogP contribution in [0, 0.1) is 0 Å². The molecule has 10 heteroatoms. The first kappa shape index (κ1) is 23.8. The first-order valence-corrected chi connectivity index (χ1v) is 11.6. The number of nitrogens with zero attached hydrogens (tertiary/aromatic N) is 1. The van der Waals surface area contributed by atoms with E-state index in [0.717, 1.165) is 16.7 Å². The van der Waals surface area contributed by atoms with Gasteiger partial charge in [-0.25, -0.2) is 9.59 Å². The first-order valence-electron chi connectivity index (χ1n) is 10.8. The van der Waals surface area contributed by atoms with Gasteiger partial charge in [0.2, 0.25) is 0 Å². The zero-order chi connectivity index (χ0) is 25.5. The number of rotatable bonds is 5. The van der Waals surface area contributed by atoms with E-state index in [2.05, 4.69) is 5.32 Å². The molecule has 0 aromatic heterocycles. The number of fused-ring (bicyclic) bond motifs is 3. The Morgan fingerprint density at radius 3 is 2.33 bits per heavy atom. The minimum atomic E-state index is -5.09. The Morgan fingerprint density at radius 1 is 1.00 bits per heavy atom. The van der Waals surface area contributed by atoms with Crippen molar-refractivity contribution in [2.24, 2.45) is 0 Å². The van der Waals surface area contributed by atoms with E-state index in [0.29, 0.717) is 21.9 Å². The molecule has 0 bridgehead atoms. The number of anilines is 1. The number of methoxy groups -OCH3 is 1. The maximum Gasteiger partial charge on any atom is 0.420 e. The number of amides is 2. The second-order valence-corrected chi connectivity index (χ2v) is 9.08. The van der Waals surface area contributed by atoms with Crippen molar-refractivity contribution in [3.8, 4) is 5.75 Å². The zero-order valence-corrected chi connectivity index (χ0v) is 19.7. The predicted octanol–water partition coefficient (Wildman–Crippen LogP) is 5.74. The lowest BCUT2D eigenvalue weighted by molar-refractivity contribution is -0.190. The van der Waals surface area contributed by atoms with Crippen molar-refractivity contribution in [3.63, 3.8) is 0 Å². The van der Waals surface area contributed by atoms with Crippen LogP contribution < -0.4 is 15.0 Å². The van der Waals surface area contributed by atoms with Gasteiger partial charge in [0.15, 0.2) is 5.54 Å². The van der Waals surface area contributed by atoms with E-state index < -0.39 is 29.3 Å². The molecule has 0 radical (unpaired) electrons. The Morgan fingerprint density at radius 2 is 1.67 bits per heavy atom. The number of hydrogen-bond donors (Lipinski definition) is 1. The molecule has 2 heterocycles. The number of carbonyl (C=O) groups is 2. The van der Waals surface area contributed by atoms with E-state index in [-0.39, 0.29) is 17.2 Å². The molecule has 1 atom stereocenters. The van der Waals surface area contributed by atoms with Gasteiger partial charge in [-0.05, 0) is 35.4 Å². The van der Waals surface area contributed by atoms with E-state index >= 15 is 13.2 Å². The van der Waals surface area contributed by atoms with E-state index in [9.17, 15) is 9.59 Å². The lowest BCUT2D eigenvalue weighted by Gasteiger charge is -2.43. The summed E-state index contributed by atoms with van der Waals surface area (Å²) in [5, 5.41) is 1.97. The molecule has 6 nitrogen and oxygen atoms in total. The number of alkyl halides is 3. The van der Waals surface area contributed by atoms with Crippen LogP contribution in [0.2, 0.25) is 0 Å². The summed E-state index contributed by atoms with van der Waals surface area (Å²) in [5.74, 6) is -0.865. The maximum atomic E-state index is 15.1. The number of esters is 1. The van der Waals surface area contributed by atoms with Gasteiger partial charge in [0.05, 0.1) is 12.8 Å². The third-order valence-electron chi connectivity index (χ3n) is 5.97. The van der Waals surface area contributed by atoms with Crippen molar-refractivity contribution in [3.05, 3.63) is 101 Å². The fourth-order valence-corrected chi connectivity index (χ4v) is 5.49. The van der Waals surface area contributed by atoms with Crippen LogP contribution in [-0.2, 0) is 21.7 Å². The second kappa shape index (κ2) is 8.94. The lowest BCUT2D eigenvalue weighted by Crippen LogP contribution is -2.64. The van der Waals surface area contributed by atoms with E-state index in [4.69, 9.17) is 9.47 Å². The van der Waals surface area contributed by atoms with E-state index in [1.165, 1.54) is 31.4 Å². The summed E-state index contributed by atoms with van der Waals surface area (Å²) in [4.78, 5) is 28.4. The second-order valence-electron chi connectivity index (χ2n) is 8.05. The zero-order valence-electron chi connectivity index (χ0n) is 18.8. The summed E-state index contributed by atoms with van der Waals surface area (Å²) >= 11 is 0.922. The number of benzene rings is 3. The van der Waals surface area contributed by atoms with Crippen molar-refractivity contribution in [2.45, 2.75) is 23.2 Å². The standard InChI is InChI=1S/C26H19F3N2O4S/c1-34-18-13-11-17(12-14-18)25(26(27,28)29)21(23(32)35-15-16-7-3-2-4-8-16)22-31(24(33)30-25)19-9-5-6-10-20(19)36-22/h2-14H,15H2,1H3,(H,30,33)/t25-/m1/s1. The molecule has 3 aromatic carbocycles. The highest BCUT2D eigenvalue weighted by Crippen LogP contribution is 2.56. The number of halogens is 3. The molecule has 1 N–H and O–H groups in total. The number of urea groups is 1. The smallest absolute Gasteiger partial charge is 0.420 e. The molecular weight excluding hydrogens is 493 g/mol. The van der Waals surface area contributed by atoms with Crippen LogP contribution in [0.3, 0.4) is 0 Å². The topological polar surface area (TPSA) is 67.9 Å². The summed E-state index contributed by atoms with van der Waals surface area (Å²) in [7, 11) is 1.38. The highest BCUT2D eigenvalue weighted by Gasteiger charge is 2.66. The van der Waals surface area contributed by atoms with Crippen LogP contribution in [-0.4, -0.2) is 25.3 Å². The molecule has 0 unspecified atom stereocenters. The average molecular weight is 513 g/mol. The predicted molar refractivity (Wildman–Crippen MR) is 127 cm³/mol. The largest absolute Gasteiger partial charge is 0.497 e. The van der Waals surface area contributed by atoms with Crippen LogP contribution in [0.5, 0.6) is 5.75 Å². The highest BCUT2D eigenvalue weighted by molar-refractivity contribution is 8.03. The quantitative estimate of drug-likeness (QED) is 0.442. The lowest BCUT2D eigenvalue weighted by atomic mass is 9.80. The van der Waals surface area contributed by atoms with Gasteiger partial charge in [0.25, 0.3) is 0 Å². The molecule has 184 valence electrons. The third kappa shape index (κ3) is 3.78. The molecule has 36 heavy (non-hydrogen) atoms. The number of thioether (sulfide) groups is 1. The van der Waals surface area contributed by atoms with Gasteiger partial charge in [-0.15, -0.1) is 0 Å². The molecule has 0 fully saturated rings. The average Bonchev–Trinajstić information content (AvgIpc) is 3.27. The van der Waals surface area contributed by atoms with Gasteiger partial charge < -0.3 is 14.8 Å². The van der Waals surface area contributed by atoms with Crippen LogP contribution >= 0.6 is 11.8 Å². The van der Waals surface area contributed by atoms with Crippen molar-refractivity contribution in [1.29, 1.82) is 0 Å². The van der Waals surface area contributed by atoms with Gasteiger partial charge >= 0.3 is 18.2 Å². The fourth-order valence-electron chi connectivity index (χ4n) is 4.26. The summed E-state index contributed by atoms with van der Waals surface area (Å²) in [6, 6.07) is 19.3. The molecule has 5 rings (SSSR count). The maximum absolute atomic E-state index is 15.1. The summed E-state index contributed by atoms with van der Waals surface area (Å²) in [6.45, 7) is -0.238. The fraction of sp³-hybridized carbons (Fsp3) is 0.154. The molecular formula is C26H19F3N2O4S. The van der Waals surface area contributed by atoms with Gasteiger partial charge in [0, 0.05) is 4.90 Å².